The molecule has 1 heterocycles. The molecular formula is C18H19NO4S. The van der Waals surface area contributed by atoms with Gasteiger partial charge in [0.15, 0.2) is 14.6 Å². The van der Waals surface area contributed by atoms with E-state index in [0.717, 1.165) is 16.7 Å². The number of hydrogen-bond acceptors (Lipinski definition) is 4. The lowest BCUT2D eigenvalue weighted by atomic mass is 10.1. The molecule has 0 amide bonds. The molecule has 0 aliphatic heterocycles. The third kappa shape index (κ3) is 2.60. The number of carbonyl (C=O) groups is 1. The smallest absolute Gasteiger partial charge is 0.325 e. The van der Waals surface area contributed by atoms with Crippen molar-refractivity contribution >= 4 is 15.8 Å². The number of benzene rings is 1. The van der Waals surface area contributed by atoms with Gasteiger partial charge in [-0.25, -0.2) is 8.42 Å². The molecular weight excluding hydrogens is 326 g/mol. The number of nitrogens with zero attached hydrogens (tertiary/aromatic N) is 1. The highest BCUT2D eigenvalue weighted by Crippen LogP contribution is 2.41. The van der Waals surface area contributed by atoms with Crippen LogP contribution in [-0.4, -0.2) is 29.2 Å². The summed E-state index contributed by atoms with van der Waals surface area (Å²) in [6.07, 6.45) is 5.06. The van der Waals surface area contributed by atoms with Crippen molar-refractivity contribution in [2.75, 3.05) is 0 Å². The van der Waals surface area contributed by atoms with Crippen molar-refractivity contribution in [3.05, 3.63) is 48.3 Å². The Hall–Kier alpha value is -2.21. The van der Waals surface area contributed by atoms with Gasteiger partial charge in [0.05, 0.1) is 4.90 Å². The maximum Gasteiger partial charge on any atom is 0.325 e. The quantitative estimate of drug-likeness (QED) is 0.919. The average molecular weight is 345 g/mol. The molecule has 1 aromatic heterocycles. The Balaban J connectivity index is 2.00. The van der Waals surface area contributed by atoms with Crippen LogP contribution in [-0.2, 0) is 14.6 Å². The number of sulfone groups is 1. The van der Waals surface area contributed by atoms with Crippen LogP contribution in [0, 0.1) is 6.92 Å². The Morgan fingerprint density at radius 3 is 2.25 bits per heavy atom. The Morgan fingerprint density at radius 1 is 1.08 bits per heavy atom. The first kappa shape index (κ1) is 16.6. The highest BCUT2D eigenvalue weighted by molar-refractivity contribution is 7.93. The van der Waals surface area contributed by atoms with Crippen LogP contribution >= 0.6 is 0 Å². The molecule has 1 aliphatic rings. The molecule has 6 heteroatoms. The highest BCUT2D eigenvalue weighted by atomic mass is 32.2. The molecule has 0 saturated heterocycles. The number of aromatic nitrogens is 1. The molecule has 3 rings (SSSR count). The second-order valence-electron chi connectivity index (χ2n) is 6.29. The van der Waals surface area contributed by atoms with E-state index in [1.165, 1.54) is 12.1 Å². The summed E-state index contributed by atoms with van der Waals surface area (Å²) in [5, 5.41) is 9.54. The van der Waals surface area contributed by atoms with Crippen LogP contribution < -0.4 is 0 Å². The minimum absolute atomic E-state index is 0.0659. The number of rotatable bonds is 4. The SMILES string of the molecule is Cc1cncc(-c2ccc(S(=O)(=O)C3(C(=O)O)CCCC3)cc2)c1. The third-order valence-electron chi connectivity index (χ3n) is 4.69. The Kier molecular flexibility index (Phi) is 4.17. The van der Waals surface area contributed by atoms with E-state index in [1.54, 1.807) is 24.5 Å². The molecule has 126 valence electrons. The Labute approximate surface area is 141 Å². The fraction of sp³-hybridized carbons (Fsp3) is 0.333. The van der Waals surface area contributed by atoms with Gasteiger partial charge < -0.3 is 5.11 Å². The highest BCUT2D eigenvalue weighted by Gasteiger charge is 2.53. The zero-order valence-corrected chi connectivity index (χ0v) is 14.2. The van der Waals surface area contributed by atoms with E-state index >= 15 is 0 Å². The second kappa shape index (κ2) is 6.02. The van der Waals surface area contributed by atoms with Crippen molar-refractivity contribution < 1.29 is 18.3 Å². The Bertz CT molecular complexity index is 866. The first-order valence-electron chi connectivity index (χ1n) is 7.87. The van der Waals surface area contributed by atoms with Crippen molar-refractivity contribution in [1.29, 1.82) is 0 Å². The van der Waals surface area contributed by atoms with Gasteiger partial charge in [-0.05, 0) is 49.1 Å². The zero-order chi connectivity index (χ0) is 17.4. The van der Waals surface area contributed by atoms with Gasteiger partial charge >= 0.3 is 5.97 Å². The maximum absolute atomic E-state index is 12.9. The Morgan fingerprint density at radius 2 is 1.71 bits per heavy atom. The fourth-order valence-electron chi connectivity index (χ4n) is 3.31. The van der Waals surface area contributed by atoms with Crippen molar-refractivity contribution in [3.8, 4) is 11.1 Å². The van der Waals surface area contributed by atoms with Crippen LogP contribution in [0.4, 0.5) is 0 Å². The minimum Gasteiger partial charge on any atom is -0.480 e. The van der Waals surface area contributed by atoms with Gasteiger partial charge in [-0.1, -0.05) is 25.0 Å². The number of pyridine rings is 1. The molecule has 1 saturated carbocycles. The summed E-state index contributed by atoms with van der Waals surface area (Å²) in [6, 6.07) is 8.36. The van der Waals surface area contributed by atoms with Crippen molar-refractivity contribution in [2.24, 2.45) is 0 Å². The molecule has 24 heavy (non-hydrogen) atoms. The van der Waals surface area contributed by atoms with E-state index in [2.05, 4.69) is 4.98 Å². The molecule has 1 aliphatic carbocycles. The van der Waals surface area contributed by atoms with Crippen LogP contribution in [0.1, 0.15) is 31.2 Å². The summed E-state index contributed by atoms with van der Waals surface area (Å²) >= 11 is 0. The molecule has 1 fully saturated rings. The van der Waals surface area contributed by atoms with Crippen molar-refractivity contribution in [3.63, 3.8) is 0 Å². The van der Waals surface area contributed by atoms with E-state index in [4.69, 9.17) is 0 Å². The summed E-state index contributed by atoms with van der Waals surface area (Å²) < 4.78 is 24.1. The number of hydrogen-bond donors (Lipinski definition) is 1. The normalized spacial score (nSPS) is 16.9. The van der Waals surface area contributed by atoms with Gasteiger partial charge in [0.2, 0.25) is 0 Å². The van der Waals surface area contributed by atoms with Crippen LogP contribution in [0.15, 0.2) is 47.6 Å². The largest absolute Gasteiger partial charge is 0.480 e. The summed E-state index contributed by atoms with van der Waals surface area (Å²) in [7, 11) is -3.92. The summed E-state index contributed by atoms with van der Waals surface area (Å²) in [4.78, 5) is 15.9. The van der Waals surface area contributed by atoms with Crippen LogP contribution in [0.2, 0.25) is 0 Å². The predicted molar refractivity (Wildman–Crippen MR) is 90.4 cm³/mol. The predicted octanol–water partition coefficient (Wildman–Crippen LogP) is 3.23. The number of carboxylic acid groups (broad SMARTS) is 1. The van der Waals surface area contributed by atoms with Gasteiger partial charge in [-0.3, -0.25) is 9.78 Å². The molecule has 2 aromatic rings. The van der Waals surface area contributed by atoms with Crippen LogP contribution in [0.3, 0.4) is 0 Å². The molecule has 0 spiro atoms. The summed E-state index contributed by atoms with van der Waals surface area (Å²) in [5.41, 5.74) is 2.76. The lowest BCUT2D eigenvalue weighted by molar-refractivity contribution is -0.139. The van der Waals surface area contributed by atoms with Gasteiger partial charge in [-0.2, -0.15) is 0 Å². The van der Waals surface area contributed by atoms with E-state index < -0.39 is 20.6 Å². The topological polar surface area (TPSA) is 84.3 Å². The maximum atomic E-state index is 12.9. The third-order valence-corrected chi connectivity index (χ3v) is 7.19. The molecule has 1 N–H and O–H groups in total. The number of aryl methyl sites for hydroxylation is 1. The van der Waals surface area contributed by atoms with E-state index in [9.17, 15) is 18.3 Å². The average Bonchev–Trinajstić information content (AvgIpc) is 3.07. The van der Waals surface area contributed by atoms with Gasteiger partial charge in [0, 0.05) is 18.0 Å². The first-order valence-corrected chi connectivity index (χ1v) is 9.35. The number of carboxylic acids is 1. The summed E-state index contributed by atoms with van der Waals surface area (Å²) in [6.45, 7) is 1.94. The van der Waals surface area contributed by atoms with Gasteiger partial charge in [0.25, 0.3) is 0 Å². The standard InChI is InChI=1S/C18H19NO4S/c1-13-10-15(12-19-11-13)14-4-6-16(7-5-14)24(22,23)18(17(20)21)8-2-3-9-18/h4-7,10-12H,2-3,8-9H2,1H3,(H,20,21). The van der Waals surface area contributed by atoms with E-state index in [1.807, 2.05) is 13.0 Å². The minimum atomic E-state index is -3.92. The summed E-state index contributed by atoms with van der Waals surface area (Å²) in [5.74, 6) is -1.24. The molecule has 0 bridgehead atoms. The van der Waals surface area contributed by atoms with E-state index in [0.29, 0.717) is 12.8 Å². The molecule has 5 nitrogen and oxygen atoms in total. The molecule has 1 aromatic carbocycles. The molecule has 0 unspecified atom stereocenters. The number of aliphatic carboxylic acids is 1. The molecule has 0 atom stereocenters. The first-order chi connectivity index (χ1) is 11.4. The second-order valence-corrected chi connectivity index (χ2v) is 8.55. The van der Waals surface area contributed by atoms with Crippen molar-refractivity contribution in [1.82, 2.24) is 4.98 Å². The lowest BCUT2D eigenvalue weighted by Crippen LogP contribution is -2.43. The molecule has 0 radical (unpaired) electrons. The van der Waals surface area contributed by atoms with Crippen molar-refractivity contribution in [2.45, 2.75) is 42.2 Å². The lowest BCUT2D eigenvalue weighted by Gasteiger charge is -2.24. The van der Waals surface area contributed by atoms with Gasteiger partial charge in [0.1, 0.15) is 0 Å². The van der Waals surface area contributed by atoms with Crippen LogP contribution in [0.25, 0.3) is 11.1 Å². The zero-order valence-electron chi connectivity index (χ0n) is 13.4. The van der Waals surface area contributed by atoms with Crippen LogP contribution in [0.5, 0.6) is 0 Å². The van der Waals surface area contributed by atoms with Gasteiger partial charge in [-0.15, -0.1) is 0 Å². The monoisotopic (exact) mass is 345 g/mol. The fourth-order valence-corrected chi connectivity index (χ4v) is 5.31. The van der Waals surface area contributed by atoms with E-state index in [-0.39, 0.29) is 17.7 Å².